The van der Waals surface area contributed by atoms with Crippen molar-refractivity contribution in [2.24, 2.45) is 46.2 Å². The molecule has 29 heavy (non-hydrogen) atoms. The fourth-order valence-electron chi connectivity index (χ4n) is 9.55. The highest BCUT2D eigenvalue weighted by Gasteiger charge is 2.74. The third-order valence-corrected chi connectivity index (χ3v) is 10.8. The van der Waals surface area contributed by atoms with Gasteiger partial charge in [-0.1, -0.05) is 13.8 Å². The highest BCUT2D eigenvalue weighted by atomic mass is 16.6. The lowest BCUT2D eigenvalue weighted by molar-refractivity contribution is -0.175. The summed E-state index contributed by atoms with van der Waals surface area (Å²) in [5.74, 6) is 2.38. The van der Waals surface area contributed by atoms with E-state index in [0.29, 0.717) is 36.1 Å². The summed E-state index contributed by atoms with van der Waals surface area (Å²) in [6, 6.07) is 0.389. The number of hydrogen-bond donors (Lipinski definition) is 1. The average Bonchev–Trinajstić information content (AvgIpc) is 3.28. The van der Waals surface area contributed by atoms with Crippen molar-refractivity contribution in [1.29, 1.82) is 0 Å². The Labute approximate surface area is 173 Å². The summed E-state index contributed by atoms with van der Waals surface area (Å²) >= 11 is 0. The minimum Gasteiger partial charge on any atom is -0.459 e. The summed E-state index contributed by atoms with van der Waals surface area (Å²) in [5, 5.41) is 0. The topological polar surface area (TPSA) is 78.6 Å². The van der Waals surface area contributed by atoms with Crippen LogP contribution in [0.2, 0.25) is 0 Å². The van der Waals surface area contributed by atoms with E-state index in [9.17, 15) is 9.59 Å². The summed E-state index contributed by atoms with van der Waals surface area (Å²) in [6.45, 7) is 4.94. The predicted octanol–water partition coefficient (Wildman–Crippen LogP) is 3.58. The van der Waals surface area contributed by atoms with E-state index in [1.54, 1.807) is 0 Å². The van der Waals surface area contributed by atoms with Crippen molar-refractivity contribution >= 4 is 11.9 Å². The molecule has 4 aliphatic carbocycles. The molecule has 0 amide bonds. The maximum absolute atomic E-state index is 12.8. The van der Waals surface area contributed by atoms with E-state index < -0.39 is 5.60 Å². The molecular formula is C24H35NO4. The number of carbonyl (C=O) groups is 2. The van der Waals surface area contributed by atoms with Gasteiger partial charge in [-0.15, -0.1) is 0 Å². The monoisotopic (exact) mass is 401 g/mol. The lowest BCUT2D eigenvalue weighted by Gasteiger charge is -2.61. The Bertz CT molecular complexity index is 768. The molecule has 2 N–H and O–H groups in total. The predicted molar refractivity (Wildman–Crippen MR) is 107 cm³/mol. The van der Waals surface area contributed by atoms with Crippen LogP contribution in [0.1, 0.15) is 78.1 Å². The van der Waals surface area contributed by atoms with Crippen LogP contribution in [0.4, 0.5) is 0 Å². The van der Waals surface area contributed by atoms with E-state index >= 15 is 0 Å². The molecule has 0 aromatic carbocycles. The zero-order chi connectivity index (χ0) is 20.2. The summed E-state index contributed by atoms with van der Waals surface area (Å²) < 4.78 is 11.7. The molecule has 2 aliphatic heterocycles. The molecule has 6 aliphatic rings. The number of nitrogens with two attached hydrogens (primary N) is 1. The number of esters is 2. The van der Waals surface area contributed by atoms with Crippen LogP contribution < -0.4 is 5.73 Å². The van der Waals surface area contributed by atoms with E-state index in [1.807, 2.05) is 0 Å². The summed E-state index contributed by atoms with van der Waals surface area (Å²) in [4.78, 5) is 24.8. The zero-order valence-electron chi connectivity index (χ0n) is 17.8. The Hall–Kier alpha value is -1.10. The molecule has 160 valence electrons. The number of ether oxygens (including phenoxy) is 2. The largest absolute Gasteiger partial charge is 0.459 e. The molecule has 6 rings (SSSR count). The first kappa shape index (κ1) is 18.7. The third kappa shape index (κ3) is 2.21. The van der Waals surface area contributed by atoms with Crippen LogP contribution in [0.5, 0.6) is 0 Å². The third-order valence-electron chi connectivity index (χ3n) is 10.8. The Morgan fingerprint density at radius 1 is 0.931 bits per heavy atom. The Morgan fingerprint density at radius 2 is 1.72 bits per heavy atom. The number of fused-ring (bicyclic) bond motifs is 8. The van der Waals surface area contributed by atoms with E-state index in [4.69, 9.17) is 15.2 Å². The van der Waals surface area contributed by atoms with Gasteiger partial charge in [-0.25, -0.2) is 4.79 Å². The van der Waals surface area contributed by atoms with Crippen LogP contribution in [0.15, 0.2) is 0 Å². The molecule has 0 bridgehead atoms. The van der Waals surface area contributed by atoms with Crippen molar-refractivity contribution < 1.29 is 19.1 Å². The van der Waals surface area contributed by atoms with Gasteiger partial charge in [0.15, 0.2) is 0 Å². The van der Waals surface area contributed by atoms with Crippen molar-refractivity contribution in [2.75, 3.05) is 0 Å². The molecule has 6 fully saturated rings. The van der Waals surface area contributed by atoms with Crippen LogP contribution in [-0.2, 0) is 19.1 Å². The van der Waals surface area contributed by atoms with Gasteiger partial charge >= 0.3 is 11.9 Å². The van der Waals surface area contributed by atoms with Gasteiger partial charge in [-0.2, -0.15) is 0 Å². The van der Waals surface area contributed by atoms with E-state index in [-0.39, 0.29) is 29.4 Å². The Kier molecular flexibility index (Phi) is 3.71. The average molecular weight is 402 g/mol. The lowest BCUT2D eigenvalue weighted by Crippen LogP contribution is -2.56. The smallest absolute Gasteiger partial charge is 0.351 e. The Morgan fingerprint density at radius 3 is 2.48 bits per heavy atom. The van der Waals surface area contributed by atoms with E-state index in [0.717, 1.165) is 24.7 Å². The van der Waals surface area contributed by atoms with Gasteiger partial charge in [0.1, 0.15) is 6.10 Å². The van der Waals surface area contributed by atoms with Crippen molar-refractivity contribution in [1.82, 2.24) is 0 Å². The molecular weight excluding hydrogens is 366 g/mol. The second kappa shape index (κ2) is 5.77. The first-order valence-electron chi connectivity index (χ1n) is 12.0. The zero-order valence-corrected chi connectivity index (χ0v) is 17.8. The van der Waals surface area contributed by atoms with Crippen molar-refractivity contribution in [3.63, 3.8) is 0 Å². The van der Waals surface area contributed by atoms with Gasteiger partial charge in [0.05, 0.1) is 5.92 Å². The molecule has 2 saturated heterocycles. The van der Waals surface area contributed by atoms with Gasteiger partial charge in [-0.3, -0.25) is 4.79 Å². The summed E-state index contributed by atoms with van der Waals surface area (Å²) in [6.07, 6.45) is 10.4. The number of carbonyl (C=O) groups excluding carboxylic acids is 2. The minimum atomic E-state index is -0.989. The fourth-order valence-corrected chi connectivity index (χ4v) is 9.55. The van der Waals surface area contributed by atoms with Gasteiger partial charge in [-0.05, 0) is 85.9 Å². The van der Waals surface area contributed by atoms with Gasteiger partial charge < -0.3 is 15.2 Å². The first-order valence-corrected chi connectivity index (χ1v) is 12.0. The second-order valence-corrected chi connectivity index (χ2v) is 11.8. The van der Waals surface area contributed by atoms with E-state index in [2.05, 4.69) is 13.8 Å². The molecule has 2 heterocycles. The summed E-state index contributed by atoms with van der Waals surface area (Å²) in [7, 11) is 0. The van der Waals surface area contributed by atoms with Crippen LogP contribution >= 0.6 is 0 Å². The number of hydrogen-bond acceptors (Lipinski definition) is 5. The van der Waals surface area contributed by atoms with Crippen molar-refractivity contribution in [2.45, 2.75) is 95.8 Å². The maximum atomic E-state index is 12.8. The van der Waals surface area contributed by atoms with Crippen LogP contribution in [0, 0.1) is 40.4 Å². The van der Waals surface area contributed by atoms with E-state index in [1.165, 1.54) is 38.5 Å². The molecule has 0 radical (unpaired) electrons. The molecule has 0 aromatic rings. The fraction of sp³-hybridized carbons (Fsp3) is 0.917. The minimum absolute atomic E-state index is 0.0386. The SMILES string of the molecule is C[C@]12CC[C@H]3[C@@H](CCC4C[C@@H](N)CC[C@@]43C)[C@@H]1C[C@@H]1OC(=O)[C@]3(CCC(=O)O3)[C@@H]12. The molecule has 10 atom stereocenters. The number of rotatable bonds is 0. The van der Waals surface area contributed by atoms with Gasteiger partial charge in [0.25, 0.3) is 0 Å². The second-order valence-electron chi connectivity index (χ2n) is 11.8. The molecule has 0 aromatic heterocycles. The molecule has 1 unspecified atom stereocenters. The van der Waals surface area contributed by atoms with Gasteiger partial charge in [0, 0.05) is 18.9 Å². The van der Waals surface area contributed by atoms with Crippen molar-refractivity contribution in [3.8, 4) is 0 Å². The van der Waals surface area contributed by atoms with Crippen LogP contribution in [-0.4, -0.2) is 29.7 Å². The maximum Gasteiger partial charge on any atom is 0.351 e. The molecule has 4 saturated carbocycles. The standard InChI is InChI=1S/C24H35NO4/c1-22-8-5-14(25)11-13(22)3-4-15-16(22)6-9-23(2)17(15)12-18-20(23)24(21(27)28-18)10-7-19(26)29-24/h13-18,20H,3-12,25H2,1-2H3/t13?,14-,15+,16-,17-,18-,20-,22-,23-,24-/m0/s1. The highest BCUT2D eigenvalue weighted by Crippen LogP contribution is 2.71. The summed E-state index contributed by atoms with van der Waals surface area (Å²) in [5.41, 5.74) is 5.81. The quantitative estimate of drug-likeness (QED) is 0.628. The molecule has 5 heteroatoms. The normalized spacial score (nSPS) is 58.2. The van der Waals surface area contributed by atoms with Crippen LogP contribution in [0.3, 0.4) is 0 Å². The molecule has 1 spiro atoms. The lowest BCUT2D eigenvalue weighted by atomic mass is 9.44. The van der Waals surface area contributed by atoms with Crippen molar-refractivity contribution in [3.05, 3.63) is 0 Å². The van der Waals surface area contributed by atoms with Crippen LogP contribution in [0.25, 0.3) is 0 Å². The Balaban J connectivity index is 1.34. The molecule has 5 nitrogen and oxygen atoms in total. The highest BCUT2D eigenvalue weighted by molar-refractivity contribution is 5.89. The first-order chi connectivity index (χ1) is 13.8. The van der Waals surface area contributed by atoms with Gasteiger partial charge in [0.2, 0.25) is 5.60 Å².